The lowest BCUT2D eigenvalue weighted by atomic mass is 10.1. The SMILES string of the molecule is c1ccc2[nH]c(N3CC[C@H]4CNC[C@H]43)nc2c1. The predicted octanol–water partition coefficient (Wildman–Crippen LogP) is 1.36. The number of rotatable bonds is 1. The van der Waals surface area contributed by atoms with E-state index in [-0.39, 0.29) is 0 Å². The van der Waals surface area contributed by atoms with Crippen LogP contribution in [0.4, 0.5) is 5.95 Å². The molecule has 2 N–H and O–H groups in total. The standard InChI is InChI=1S/C13H16N4/c1-2-4-11-10(3-1)15-13(16-11)17-6-5-9-7-14-8-12(9)17/h1-4,9,12,14H,5-8H2,(H,15,16)/t9-,12+/m0/s1. The number of nitrogens with one attached hydrogen (secondary N) is 2. The maximum Gasteiger partial charge on any atom is 0.204 e. The highest BCUT2D eigenvalue weighted by Gasteiger charge is 2.38. The van der Waals surface area contributed by atoms with Crippen LogP contribution in [0.15, 0.2) is 24.3 Å². The minimum Gasteiger partial charge on any atom is -0.338 e. The largest absolute Gasteiger partial charge is 0.338 e. The Balaban J connectivity index is 1.74. The van der Waals surface area contributed by atoms with Crippen molar-refractivity contribution in [1.82, 2.24) is 15.3 Å². The van der Waals surface area contributed by atoms with Gasteiger partial charge in [0.25, 0.3) is 0 Å². The van der Waals surface area contributed by atoms with E-state index >= 15 is 0 Å². The number of aromatic amines is 1. The highest BCUT2D eigenvalue weighted by molar-refractivity contribution is 5.77. The van der Waals surface area contributed by atoms with E-state index in [0.29, 0.717) is 6.04 Å². The molecule has 88 valence electrons. The van der Waals surface area contributed by atoms with Crippen LogP contribution in [0.3, 0.4) is 0 Å². The van der Waals surface area contributed by atoms with Gasteiger partial charge in [-0.3, -0.25) is 0 Å². The van der Waals surface area contributed by atoms with E-state index < -0.39 is 0 Å². The number of imidazole rings is 1. The molecule has 2 atom stereocenters. The number of aromatic nitrogens is 2. The van der Waals surface area contributed by atoms with Crippen molar-refractivity contribution >= 4 is 17.0 Å². The molecule has 1 aromatic heterocycles. The van der Waals surface area contributed by atoms with Crippen molar-refractivity contribution < 1.29 is 0 Å². The monoisotopic (exact) mass is 228 g/mol. The highest BCUT2D eigenvalue weighted by atomic mass is 15.3. The van der Waals surface area contributed by atoms with Crippen molar-refractivity contribution in [1.29, 1.82) is 0 Å². The molecule has 17 heavy (non-hydrogen) atoms. The van der Waals surface area contributed by atoms with Gasteiger partial charge in [0.2, 0.25) is 5.95 Å². The van der Waals surface area contributed by atoms with Gasteiger partial charge in [-0.15, -0.1) is 0 Å². The van der Waals surface area contributed by atoms with Gasteiger partial charge in [0.05, 0.1) is 11.0 Å². The molecule has 0 aliphatic carbocycles. The molecule has 0 amide bonds. The molecular formula is C13H16N4. The summed E-state index contributed by atoms with van der Waals surface area (Å²) in [6.45, 7) is 3.40. The molecule has 0 saturated carbocycles. The Labute approximate surface area is 100 Å². The average molecular weight is 228 g/mol. The third-order valence-corrected chi connectivity index (χ3v) is 4.09. The zero-order valence-corrected chi connectivity index (χ0v) is 9.69. The second kappa shape index (κ2) is 3.47. The number of H-pyrrole nitrogens is 1. The van der Waals surface area contributed by atoms with Crippen molar-refractivity contribution in [3.05, 3.63) is 24.3 Å². The fourth-order valence-electron chi connectivity index (χ4n) is 3.19. The van der Waals surface area contributed by atoms with Crippen LogP contribution in [-0.4, -0.2) is 35.6 Å². The second-order valence-electron chi connectivity index (χ2n) is 5.05. The Morgan fingerprint density at radius 3 is 3.12 bits per heavy atom. The smallest absolute Gasteiger partial charge is 0.204 e. The number of anilines is 1. The summed E-state index contributed by atoms with van der Waals surface area (Å²) in [6.07, 6.45) is 1.29. The molecule has 2 aliphatic heterocycles. The van der Waals surface area contributed by atoms with Crippen LogP contribution in [0.5, 0.6) is 0 Å². The lowest BCUT2D eigenvalue weighted by Gasteiger charge is -2.22. The van der Waals surface area contributed by atoms with Gasteiger partial charge >= 0.3 is 0 Å². The van der Waals surface area contributed by atoms with Crippen LogP contribution in [-0.2, 0) is 0 Å². The number of hydrogen-bond donors (Lipinski definition) is 2. The fourth-order valence-corrected chi connectivity index (χ4v) is 3.19. The molecule has 2 aliphatic rings. The molecule has 4 rings (SSSR count). The van der Waals surface area contributed by atoms with Gasteiger partial charge in [0.15, 0.2) is 0 Å². The summed E-state index contributed by atoms with van der Waals surface area (Å²) in [5.41, 5.74) is 2.20. The van der Waals surface area contributed by atoms with Crippen molar-refractivity contribution in [2.45, 2.75) is 12.5 Å². The van der Waals surface area contributed by atoms with E-state index in [1.165, 1.54) is 13.0 Å². The van der Waals surface area contributed by atoms with Crippen molar-refractivity contribution in [2.75, 3.05) is 24.5 Å². The zero-order chi connectivity index (χ0) is 11.2. The molecule has 0 bridgehead atoms. The Kier molecular flexibility index (Phi) is 1.93. The number of fused-ring (bicyclic) bond motifs is 2. The minimum atomic E-state index is 0.635. The minimum absolute atomic E-state index is 0.635. The highest BCUT2D eigenvalue weighted by Crippen LogP contribution is 2.31. The first-order valence-electron chi connectivity index (χ1n) is 6.34. The van der Waals surface area contributed by atoms with E-state index in [9.17, 15) is 0 Å². The predicted molar refractivity (Wildman–Crippen MR) is 68.2 cm³/mol. The molecule has 0 radical (unpaired) electrons. The number of nitrogens with zero attached hydrogens (tertiary/aromatic N) is 2. The van der Waals surface area contributed by atoms with E-state index in [1.54, 1.807) is 0 Å². The quantitative estimate of drug-likeness (QED) is 0.774. The fraction of sp³-hybridized carbons (Fsp3) is 0.462. The summed E-state index contributed by atoms with van der Waals surface area (Å²) in [6, 6.07) is 8.88. The van der Waals surface area contributed by atoms with E-state index in [4.69, 9.17) is 4.98 Å². The Morgan fingerprint density at radius 2 is 2.18 bits per heavy atom. The van der Waals surface area contributed by atoms with Gasteiger partial charge in [0, 0.05) is 25.7 Å². The molecule has 2 saturated heterocycles. The summed E-state index contributed by atoms with van der Waals surface area (Å²) in [7, 11) is 0. The number of benzene rings is 1. The van der Waals surface area contributed by atoms with Gasteiger partial charge < -0.3 is 15.2 Å². The maximum atomic E-state index is 4.70. The van der Waals surface area contributed by atoms with Gasteiger partial charge in [0.1, 0.15) is 0 Å². The van der Waals surface area contributed by atoms with Gasteiger partial charge in [-0.25, -0.2) is 4.98 Å². The van der Waals surface area contributed by atoms with Gasteiger partial charge in [-0.1, -0.05) is 12.1 Å². The summed E-state index contributed by atoms with van der Waals surface area (Å²) in [5, 5.41) is 3.47. The van der Waals surface area contributed by atoms with Crippen LogP contribution >= 0.6 is 0 Å². The average Bonchev–Trinajstić information content (AvgIpc) is 3.02. The molecule has 4 heteroatoms. The van der Waals surface area contributed by atoms with E-state index in [0.717, 1.165) is 36.0 Å². The van der Waals surface area contributed by atoms with Gasteiger partial charge in [-0.05, 0) is 24.5 Å². The van der Waals surface area contributed by atoms with E-state index in [1.807, 2.05) is 12.1 Å². The van der Waals surface area contributed by atoms with Gasteiger partial charge in [-0.2, -0.15) is 0 Å². The Bertz CT molecular complexity index is 514. The Morgan fingerprint density at radius 1 is 1.24 bits per heavy atom. The van der Waals surface area contributed by atoms with Crippen molar-refractivity contribution in [2.24, 2.45) is 5.92 Å². The van der Waals surface area contributed by atoms with Crippen LogP contribution in [0.2, 0.25) is 0 Å². The molecule has 2 aromatic rings. The normalized spacial score (nSPS) is 27.9. The van der Waals surface area contributed by atoms with Crippen LogP contribution in [0.1, 0.15) is 6.42 Å². The first kappa shape index (κ1) is 9.48. The Hall–Kier alpha value is -1.55. The molecule has 4 nitrogen and oxygen atoms in total. The van der Waals surface area contributed by atoms with Crippen LogP contribution in [0, 0.1) is 5.92 Å². The maximum absolute atomic E-state index is 4.70. The molecule has 1 aromatic carbocycles. The summed E-state index contributed by atoms with van der Waals surface area (Å²) in [4.78, 5) is 10.6. The summed E-state index contributed by atoms with van der Waals surface area (Å²) in [5.74, 6) is 1.85. The zero-order valence-electron chi connectivity index (χ0n) is 9.69. The lowest BCUT2D eigenvalue weighted by molar-refractivity contribution is 0.576. The van der Waals surface area contributed by atoms with Crippen LogP contribution < -0.4 is 10.2 Å². The number of hydrogen-bond acceptors (Lipinski definition) is 3. The second-order valence-corrected chi connectivity index (χ2v) is 5.05. The first-order valence-corrected chi connectivity index (χ1v) is 6.34. The summed E-state index contributed by atoms with van der Waals surface area (Å²) >= 11 is 0. The molecular weight excluding hydrogens is 212 g/mol. The van der Waals surface area contributed by atoms with Crippen molar-refractivity contribution in [3.63, 3.8) is 0 Å². The molecule has 0 unspecified atom stereocenters. The van der Waals surface area contributed by atoms with Crippen molar-refractivity contribution in [3.8, 4) is 0 Å². The van der Waals surface area contributed by atoms with E-state index in [2.05, 4.69) is 27.3 Å². The molecule has 0 spiro atoms. The lowest BCUT2D eigenvalue weighted by Crippen LogP contribution is -2.34. The topological polar surface area (TPSA) is 44.0 Å². The molecule has 2 fully saturated rings. The van der Waals surface area contributed by atoms with Crippen LogP contribution in [0.25, 0.3) is 11.0 Å². The first-order chi connectivity index (χ1) is 8.42. The third-order valence-electron chi connectivity index (χ3n) is 4.09. The summed E-state index contributed by atoms with van der Waals surface area (Å²) < 4.78 is 0. The third kappa shape index (κ3) is 1.37. The number of para-hydroxylation sites is 2. The molecule has 3 heterocycles.